The zero-order valence-electron chi connectivity index (χ0n) is 28.4. The first-order chi connectivity index (χ1) is 25.0. The van der Waals surface area contributed by atoms with E-state index in [1.54, 1.807) is 12.1 Å². The van der Waals surface area contributed by atoms with Gasteiger partial charge >= 0.3 is 6.03 Å². The van der Waals surface area contributed by atoms with E-state index >= 15 is 0 Å². The van der Waals surface area contributed by atoms with Gasteiger partial charge in [0.1, 0.15) is 11.5 Å². The van der Waals surface area contributed by atoms with Gasteiger partial charge in [-0.2, -0.15) is 0 Å². The molecule has 0 unspecified atom stereocenters. The molecular formula is C42H43N3O6. The maximum atomic E-state index is 12.8. The number of urea groups is 1. The van der Waals surface area contributed by atoms with Gasteiger partial charge in [0.05, 0.1) is 24.9 Å². The van der Waals surface area contributed by atoms with E-state index in [4.69, 9.17) is 14.2 Å². The number of β-amino-alcohol motifs (C(OH)–C–C–N with tert-alkyl or cyclic N) is 1. The van der Waals surface area contributed by atoms with E-state index in [1.165, 1.54) is 0 Å². The number of nitrogens with zero attached hydrogens (tertiary/aromatic N) is 1. The summed E-state index contributed by atoms with van der Waals surface area (Å²) in [6, 6.07) is 40.6. The number of likely N-dealkylation sites (tertiary alicyclic amines) is 1. The fraction of sp³-hybridized carbons (Fsp3) is 0.262. The van der Waals surface area contributed by atoms with Crippen molar-refractivity contribution in [3.05, 3.63) is 150 Å². The predicted octanol–water partition coefficient (Wildman–Crippen LogP) is 7.57. The van der Waals surface area contributed by atoms with Gasteiger partial charge in [-0.05, 0) is 70.6 Å². The van der Waals surface area contributed by atoms with Crippen molar-refractivity contribution in [1.82, 2.24) is 10.2 Å². The maximum absolute atomic E-state index is 12.8. The van der Waals surface area contributed by atoms with Crippen molar-refractivity contribution in [2.24, 2.45) is 0 Å². The standard InChI is InChI=1S/C42H43N3O6/c46-28-29-10-12-31(13-11-29)40-24-38(27-45-23-22-35(47)26-45)50-41(51-40)32-16-14-30(15-17-32)39-9-5-4-6-33(39)25-43-42(48)44-34-18-20-37(21-19-34)49-36-7-2-1-3-8-36/h1-21,35,38,40-41,46-47H,22-28H2,(H2,43,44,48)/t35-,38+,40-,41-/m0/s1. The molecule has 0 spiro atoms. The Kier molecular flexibility index (Phi) is 11.0. The van der Waals surface area contributed by atoms with E-state index in [0.29, 0.717) is 30.9 Å². The molecule has 2 aliphatic heterocycles. The lowest BCUT2D eigenvalue weighted by atomic mass is 9.97. The Bertz CT molecular complexity index is 1870. The van der Waals surface area contributed by atoms with Crippen LogP contribution in [0.2, 0.25) is 0 Å². The van der Waals surface area contributed by atoms with Gasteiger partial charge < -0.3 is 35.1 Å². The Balaban J connectivity index is 0.995. The minimum Gasteiger partial charge on any atom is -0.457 e. The lowest BCUT2D eigenvalue weighted by Crippen LogP contribution is -2.38. The van der Waals surface area contributed by atoms with Crippen LogP contribution in [0.15, 0.2) is 127 Å². The molecule has 0 aromatic heterocycles. The highest BCUT2D eigenvalue weighted by molar-refractivity contribution is 5.89. The number of aliphatic hydroxyl groups is 2. The largest absolute Gasteiger partial charge is 0.457 e. The molecule has 9 nitrogen and oxygen atoms in total. The first kappa shape index (κ1) is 34.4. The number of rotatable bonds is 11. The second-order valence-electron chi connectivity index (χ2n) is 13.1. The van der Waals surface area contributed by atoms with Crippen molar-refractivity contribution in [2.75, 3.05) is 25.0 Å². The molecule has 4 N–H and O–H groups in total. The van der Waals surface area contributed by atoms with Crippen LogP contribution >= 0.6 is 0 Å². The zero-order valence-corrected chi connectivity index (χ0v) is 28.4. The predicted molar refractivity (Wildman–Crippen MR) is 196 cm³/mol. The maximum Gasteiger partial charge on any atom is 0.319 e. The first-order valence-corrected chi connectivity index (χ1v) is 17.5. The van der Waals surface area contributed by atoms with Crippen LogP contribution in [0.4, 0.5) is 10.5 Å². The number of para-hydroxylation sites is 1. The highest BCUT2D eigenvalue weighted by Gasteiger charge is 2.34. The lowest BCUT2D eigenvalue weighted by Gasteiger charge is -2.38. The molecule has 0 radical (unpaired) electrons. The third-order valence-electron chi connectivity index (χ3n) is 9.37. The molecule has 0 saturated carbocycles. The summed E-state index contributed by atoms with van der Waals surface area (Å²) in [7, 11) is 0. The summed E-state index contributed by atoms with van der Waals surface area (Å²) in [6.07, 6.45) is 0.373. The molecule has 2 aliphatic rings. The molecule has 4 atom stereocenters. The van der Waals surface area contributed by atoms with E-state index in [9.17, 15) is 15.0 Å². The van der Waals surface area contributed by atoms with Gasteiger partial charge in [0.25, 0.3) is 0 Å². The number of carbonyl (C=O) groups excluding carboxylic acids is 1. The monoisotopic (exact) mass is 685 g/mol. The van der Waals surface area contributed by atoms with Gasteiger partial charge in [-0.25, -0.2) is 4.79 Å². The third kappa shape index (κ3) is 9.02. The van der Waals surface area contributed by atoms with Crippen LogP contribution < -0.4 is 15.4 Å². The summed E-state index contributed by atoms with van der Waals surface area (Å²) in [5, 5.41) is 25.5. The molecule has 5 aromatic rings. The molecule has 2 amide bonds. The molecule has 9 heteroatoms. The molecule has 2 saturated heterocycles. The molecule has 2 heterocycles. The fourth-order valence-corrected chi connectivity index (χ4v) is 6.66. The average Bonchev–Trinajstić information content (AvgIpc) is 3.59. The highest BCUT2D eigenvalue weighted by Crippen LogP contribution is 2.39. The number of benzene rings is 5. The normalized spacial score (nSPS) is 20.5. The summed E-state index contributed by atoms with van der Waals surface area (Å²) in [6.45, 7) is 2.57. The van der Waals surface area contributed by atoms with Crippen LogP contribution in [0.3, 0.4) is 0 Å². The number of hydrogen-bond donors (Lipinski definition) is 4. The van der Waals surface area contributed by atoms with Crippen molar-refractivity contribution in [2.45, 2.75) is 50.6 Å². The number of nitrogens with one attached hydrogen (secondary N) is 2. The highest BCUT2D eigenvalue weighted by atomic mass is 16.7. The topological polar surface area (TPSA) is 113 Å². The minimum atomic E-state index is -0.563. The van der Waals surface area contributed by atoms with E-state index in [0.717, 1.165) is 58.6 Å². The molecule has 262 valence electrons. The summed E-state index contributed by atoms with van der Waals surface area (Å²) < 4.78 is 18.9. The van der Waals surface area contributed by atoms with Crippen LogP contribution in [0, 0.1) is 0 Å². The minimum absolute atomic E-state index is 0.00330. The van der Waals surface area contributed by atoms with E-state index in [2.05, 4.69) is 33.7 Å². The number of carbonyl (C=O) groups is 1. The molecule has 5 aromatic carbocycles. The van der Waals surface area contributed by atoms with Gasteiger partial charge in [0.15, 0.2) is 6.29 Å². The van der Waals surface area contributed by atoms with E-state index in [1.807, 2.05) is 97.1 Å². The molecule has 2 fully saturated rings. The summed E-state index contributed by atoms with van der Waals surface area (Å²) >= 11 is 0. The smallest absolute Gasteiger partial charge is 0.319 e. The third-order valence-corrected chi connectivity index (χ3v) is 9.37. The Morgan fingerprint density at radius 2 is 1.51 bits per heavy atom. The van der Waals surface area contributed by atoms with Crippen molar-refractivity contribution < 1.29 is 29.2 Å². The number of aliphatic hydroxyl groups excluding tert-OH is 2. The summed E-state index contributed by atoms with van der Waals surface area (Å²) in [4.78, 5) is 15.1. The molecule has 0 bridgehead atoms. The Morgan fingerprint density at radius 3 is 2.24 bits per heavy atom. The van der Waals surface area contributed by atoms with Crippen LogP contribution in [0.5, 0.6) is 11.5 Å². The Morgan fingerprint density at radius 1 is 0.804 bits per heavy atom. The van der Waals surface area contributed by atoms with Gasteiger partial charge in [-0.15, -0.1) is 0 Å². The molecular weight excluding hydrogens is 642 g/mol. The van der Waals surface area contributed by atoms with Gasteiger partial charge in [-0.3, -0.25) is 4.90 Å². The van der Waals surface area contributed by atoms with Crippen LogP contribution in [-0.4, -0.2) is 53.0 Å². The number of amides is 2. The Labute approximate surface area is 298 Å². The second-order valence-corrected chi connectivity index (χ2v) is 13.1. The van der Waals surface area contributed by atoms with E-state index in [-0.39, 0.29) is 30.9 Å². The fourth-order valence-electron chi connectivity index (χ4n) is 6.66. The van der Waals surface area contributed by atoms with Crippen LogP contribution in [0.1, 0.15) is 47.5 Å². The number of ether oxygens (including phenoxy) is 3. The quantitative estimate of drug-likeness (QED) is 0.114. The molecule has 0 aliphatic carbocycles. The van der Waals surface area contributed by atoms with Crippen molar-refractivity contribution in [1.29, 1.82) is 0 Å². The van der Waals surface area contributed by atoms with E-state index < -0.39 is 6.29 Å². The Hall–Kier alpha value is -5.03. The summed E-state index contributed by atoms with van der Waals surface area (Å²) in [5.74, 6) is 1.43. The van der Waals surface area contributed by atoms with Crippen LogP contribution in [-0.2, 0) is 22.6 Å². The van der Waals surface area contributed by atoms with Gasteiger partial charge in [-0.1, -0.05) is 91.0 Å². The first-order valence-electron chi connectivity index (χ1n) is 17.5. The zero-order chi connectivity index (χ0) is 35.0. The lowest BCUT2D eigenvalue weighted by molar-refractivity contribution is -0.252. The number of anilines is 1. The molecule has 7 rings (SSSR count). The molecule has 51 heavy (non-hydrogen) atoms. The van der Waals surface area contributed by atoms with Crippen molar-refractivity contribution >= 4 is 11.7 Å². The summed E-state index contributed by atoms with van der Waals surface area (Å²) in [5.41, 5.74) is 6.49. The van der Waals surface area contributed by atoms with Gasteiger partial charge in [0.2, 0.25) is 0 Å². The van der Waals surface area contributed by atoms with Crippen molar-refractivity contribution in [3.8, 4) is 22.6 Å². The van der Waals surface area contributed by atoms with Gasteiger partial charge in [0, 0.05) is 43.9 Å². The second kappa shape index (κ2) is 16.3. The van der Waals surface area contributed by atoms with Crippen molar-refractivity contribution in [3.63, 3.8) is 0 Å². The number of hydrogen-bond acceptors (Lipinski definition) is 7. The van der Waals surface area contributed by atoms with Crippen LogP contribution in [0.25, 0.3) is 11.1 Å². The SMILES string of the molecule is O=C(NCc1ccccc1-c1ccc([C@H]2O[C@@H](CN3CC[C@H](O)C3)C[C@@H](c3ccc(CO)cc3)O2)cc1)Nc1ccc(Oc2ccccc2)cc1. The average molecular weight is 686 g/mol.